The second-order valence-electron chi connectivity index (χ2n) is 4.33. The fraction of sp³-hybridized carbons (Fsp3) is 0.200. The second-order valence-corrected chi connectivity index (χ2v) is 5.24. The molecule has 0 aromatic heterocycles. The first-order valence-electron chi connectivity index (χ1n) is 6.24. The number of rotatable bonds is 5. The molecule has 20 heavy (non-hydrogen) atoms. The van der Waals surface area contributed by atoms with E-state index in [1.165, 1.54) is 0 Å². The number of hydrogen-bond donors (Lipinski definition) is 0. The molecule has 0 aliphatic heterocycles. The second kappa shape index (κ2) is 6.52. The first-order chi connectivity index (χ1) is 9.60. The molecule has 0 saturated heterocycles. The third-order valence-electron chi connectivity index (χ3n) is 2.94. The fourth-order valence-corrected chi connectivity index (χ4v) is 2.05. The van der Waals surface area contributed by atoms with E-state index in [1.807, 2.05) is 37.3 Å². The molecule has 0 atom stereocenters. The Kier molecular flexibility index (Phi) is 4.74. The van der Waals surface area contributed by atoms with Gasteiger partial charge >= 0.3 is 5.69 Å². The molecule has 0 aliphatic carbocycles. The molecule has 0 amide bonds. The van der Waals surface area contributed by atoms with Crippen LogP contribution in [0.3, 0.4) is 0 Å². The number of nitro benzene ring substituents is 1. The van der Waals surface area contributed by atoms with Crippen molar-refractivity contribution in [3.05, 3.63) is 68.2 Å². The summed E-state index contributed by atoms with van der Waals surface area (Å²) in [6.07, 6.45) is 0.758. The summed E-state index contributed by atoms with van der Waals surface area (Å²) in [5, 5.41) is 11.1. The van der Waals surface area contributed by atoms with Gasteiger partial charge in [-0.2, -0.15) is 0 Å². The highest BCUT2D eigenvalue weighted by atomic mass is 79.9. The minimum atomic E-state index is -0.407. The van der Waals surface area contributed by atoms with Gasteiger partial charge in [-0.15, -0.1) is 0 Å². The normalized spacial score (nSPS) is 10.3. The molecule has 0 aliphatic rings. The van der Waals surface area contributed by atoms with Gasteiger partial charge in [0.05, 0.1) is 4.92 Å². The van der Waals surface area contributed by atoms with Crippen molar-refractivity contribution in [2.24, 2.45) is 0 Å². The van der Waals surface area contributed by atoms with Crippen LogP contribution in [0.25, 0.3) is 0 Å². The molecule has 0 unspecified atom stereocenters. The average molecular weight is 336 g/mol. The van der Waals surface area contributed by atoms with Crippen LogP contribution in [0.4, 0.5) is 5.69 Å². The number of ether oxygens (including phenoxy) is 1. The Bertz CT molecular complexity index is 611. The zero-order valence-corrected chi connectivity index (χ0v) is 12.6. The Morgan fingerprint density at radius 1 is 1.15 bits per heavy atom. The van der Waals surface area contributed by atoms with Crippen molar-refractivity contribution in [3.8, 4) is 5.75 Å². The van der Waals surface area contributed by atoms with Gasteiger partial charge in [0, 0.05) is 10.5 Å². The summed E-state index contributed by atoms with van der Waals surface area (Å²) in [6, 6.07) is 12.7. The molecule has 2 aromatic carbocycles. The number of halogens is 1. The summed E-state index contributed by atoms with van der Waals surface area (Å²) in [6.45, 7) is 2.26. The summed E-state index contributed by atoms with van der Waals surface area (Å²) in [5.74, 6) is 0.301. The van der Waals surface area contributed by atoms with E-state index in [0.29, 0.717) is 12.4 Å². The van der Waals surface area contributed by atoms with Gasteiger partial charge in [-0.25, -0.2) is 0 Å². The number of hydrogen-bond acceptors (Lipinski definition) is 3. The van der Waals surface area contributed by atoms with Gasteiger partial charge in [-0.05, 0) is 35.7 Å². The van der Waals surface area contributed by atoms with Gasteiger partial charge < -0.3 is 4.74 Å². The van der Waals surface area contributed by atoms with Crippen molar-refractivity contribution in [1.82, 2.24) is 0 Å². The maximum atomic E-state index is 11.1. The van der Waals surface area contributed by atoms with E-state index in [-0.39, 0.29) is 5.69 Å². The predicted molar refractivity (Wildman–Crippen MR) is 80.9 cm³/mol. The Morgan fingerprint density at radius 2 is 1.80 bits per heavy atom. The summed E-state index contributed by atoms with van der Waals surface area (Å²) in [7, 11) is 0. The van der Waals surface area contributed by atoms with Crippen molar-refractivity contribution >= 4 is 21.6 Å². The van der Waals surface area contributed by atoms with Crippen molar-refractivity contribution in [2.45, 2.75) is 20.0 Å². The van der Waals surface area contributed by atoms with E-state index in [4.69, 9.17) is 4.74 Å². The first-order valence-corrected chi connectivity index (χ1v) is 7.04. The Morgan fingerprint density at radius 3 is 2.40 bits per heavy atom. The molecule has 2 aromatic rings. The highest BCUT2D eigenvalue weighted by Gasteiger charge is 2.15. The van der Waals surface area contributed by atoms with Crippen LogP contribution in [0.1, 0.15) is 18.1 Å². The van der Waals surface area contributed by atoms with E-state index in [1.54, 1.807) is 12.1 Å². The molecule has 0 spiro atoms. The Balaban J connectivity index is 2.16. The SMILES string of the molecule is CCc1ccc(OCc2ccc(Br)cc2)c([N+](=O)[O-])c1. The van der Waals surface area contributed by atoms with Crippen LogP contribution < -0.4 is 4.74 Å². The zero-order chi connectivity index (χ0) is 14.5. The largest absolute Gasteiger partial charge is 0.482 e. The number of nitrogens with zero attached hydrogens (tertiary/aromatic N) is 1. The molecule has 0 fully saturated rings. The van der Waals surface area contributed by atoms with Crippen molar-refractivity contribution in [1.29, 1.82) is 0 Å². The number of benzene rings is 2. The van der Waals surface area contributed by atoms with Crippen molar-refractivity contribution < 1.29 is 9.66 Å². The third kappa shape index (κ3) is 3.57. The molecule has 0 bridgehead atoms. The van der Waals surface area contributed by atoms with E-state index < -0.39 is 4.92 Å². The molecule has 5 heteroatoms. The molecule has 2 rings (SSSR count). The van der Waals surface area contributed by atoms with E-state index >= 15 is 0 Å². The summed E-state index contributed by atoms with van der Waals surface area (Å²) in [5.41, 5.74) is 1.90. The van der Waals surface area contributed by atoms with E-state index in [9.17, 15) is 10.1 Å². The molecular weight excluding hydrogens is 322 g/mol. The lowest BCUT2D eigenvalue weighted by molar-refractivity contribution is -0.386. The summed E-state index contributed by atoms with van der Waals surface area (Å²) >= 11 is 3.36. The average Bonchev–Trinajstić information content (AvgIpc) is 2.46. The maximum Gasteiger partial charge on any atom is 0.311 e. The molecule has 104 valence electrons. The molecule has 0 heterocycles. The van der Waals surface area contributed by atoms with Crippen LogP contribution in [0.2, 0.25) is 0 Å². The van der Waals surface area contributed by atoms with Gasteiger partial charge in [0.2, 0.25) is 0 Å². The lowest BCUT2D eigenvalue weighted by atomic mass is 10.1. The molecule has 4 nitrogen and oxygen atoms in total. The van der Waals surface area contributed by atoms with Crippen LogP contribution in [0.5, 0.6) is 5.75 Å². The van der Waals surface area contributed by atoms with Gasteiger partial charge in [0.25, 0.3) is 0 Å². The topological polar surface area (TPSA) is 52.4 Å². The number of aryl methyl sites for hydroxylation is 1. The molecule has 0 radical (unpaired) electrons. The lowest BCUT2D eigenvalue weighted by Crippen LogP contribution is -2.00. The molecule has 0 saturated carbocycles. The Hall–Kier alpha value is -1.88. The van der Waals surface area contributed by atoms with Gasteiger partial charge in [0.1, 0.15) is 6.61 Å². The van der Waals surface area contributed by atoms with Crippen LogP contribution in [-0.2, 0) is 13.0 Å². The molecule has 0 N–H and O–H groups in total. The minimum absolute atomic E-state index is 0.0152. The third-order valence-corrected chi connectivity index (χ3v) is 3.46. The fourth-order valence-electron chi connectivity index (χ4n) is 1.79. The minimum Gasteiger partial charge on any atom is -0.482 e. The van der Waals surface area contributed by atoms with Crippen molar-refractivity contribution in [2.75, 3.05) is 0 Å². The quantitative estimate of drug-likeness (QED) is 0.597. The zero-order valence-electron chi connectivity index (χ0n) is 11.0. The van der Waals surface area contributed by atoms with Gasteiger partial charge in [-0.1, -0.05) is 41.1 Å². The predicted octanol–water partition coefficient (Wildman–Crippen LogP) is 4.50. The first kappa shape index (κ1) is 14.5. The lowest BCUT2D eigenvalue weighted by Gasteiger charge is -2.08. The van der Waals surface area contributed by atoms with E-state index in [0.717, 1.165) is 22.0 Å². The molecular formula is C15H14BrNO3. The van der Waals surface area contributed by atoms with Gasteiger partial charge in [-0.3, -0.25) is 10.1 Å². The standard InChI is InChI=1S/C15H14BrNO3/c1-2-11-5-8-15(14(9-11)17(18)19)20-10-12-3-6-13(16)7-4-12/h3-9H,2,10H2,1H3. The van der Waals surface area contributed by atoms with Crippen LogP contribution in [-0.4, -0.2) is 4.92 Å². The highest BCUT2D eigenvalue weighted by molar-refractivity contribution is 9.10. The highest BCUT2D eigenvalue weighted by Crippen LogP contribution is 2.29. The van der Waals surface area contributed by atoms with Crippen molar-refractivity contribution in [3.63, 3.8) is 0 Å². The van der Waals surface area contributed by atoms with Crippen LogP contribution in [0, 0.1) is 10.1 Å². The number of nitro groups is 1. The van der Waals surface area contributed by atoms with Gasteiger partial charge in [0.15, 0.2) is 5.75 Å². The maximum absolute atomic E-state index is 11.1. The summed E-state index contributed by atoms with van der Waals surface area (Å²) in [4.78, 5) is 10.7. The smallest absolute Gasteiger partial charge is 0.311 e. The van der Waals surface area contributed by atoms with Crippen LogP contribution >= 0.6 is 15.9 Å². The summed E-state index contributed by atoms with van der Waals surface area (Å²) < 4.78 is 6.55. The van der Waals surface area contributed by atoms with Crippen LogP contribution in [0.15, 0.2) is 46.9 Å². The van der Waals surface area contributed by atoms with E-state index in [2.05, 4.69) is 15.9 Å². The Labute approximate surface area is 125 Å². The monoisotopic (exact) mass is 335 g/mol.